The molecule has 0 amide bonds. The van der Waals surface area contributed by atoms with Crippen molar-refractivity contribution in [3.8, 4) is 0 Å². The summed E-state index contributed by atoms with van der Waals surface area (Å²) in [6.07, 6.45) is 2.64. The topological polar surface area (TPSA) is 41.3 Å². The Hall–Kier alpha value is -1.79. The minimum Gasteiger partial charge on any atom is -0.392 e. The molecule has 1 fully saturated rings. The molecule has 0 spiro atoms. The van der Waals surface area contributed by atoms with Gasteiger partial charge in [-0.1, -0.05) is 6.07 Å². The van der Waals surface area contributed by atoms with Crippen LogP contribution >= 0.6 is 0 Å². The van der Waals surface area contributed by atoms with Crippen LogP contribution in [-0.2, 0) is 13.5 Å². The van der Waals surface area contributed by atoms with Gasteiger partial charge in [-0.3, -0.25) is 9.58 Å². The number of rotatable bonds is 4. The van der Waals surface area contributed by atoms with Crippen molar-refractivity contribution >= 4 is 0 Å². The first-order chi connectivity index (χ1) is 10.5. The fraction of sp³-hybridized carbons (Fsp3) is 0.438. The van der Waals surface area contributed by atoms with Gasteiger partial charge < -0.3 is 5.11 Å². The average Bonchev–Trinajstić information content (AvgIpc) is 3.05. The van der Waals surface area contributed by atoms with E-state index in [0.29, 0.717) is 18.5 Å². The predicted octanol–water partition coefficient (Wildman–Crippen LogP) is 2.05. The largest absolute Gasteiger partial charge is 0.392 e. The Morgan fingerprint density at radius 2 is 2.09 bits per heavy atom. The number of nitrogens with zero attached hydrogens (tertiary/aromatic N) is 3. The molecule has 2 heterocycles. The van der Waals surface area contributed by atoms with Crippen molar-refractivity contribution in [1.29, 1.82) is 0 Å². The molecule has 1 saturated heterocycles. The highest BCUT2D eigenvalue weighted by Gasteiger charge is 2.32. The van der Waals surface area contributed by atoms with Crippen molar-refractivity contribution in [2.45, 2.75) is 25.0 Å². The lowest BCUT2D eigenvalue weighted by Gasteiger charge is -2.24. The van der Waals surface area contributed by atoms with Gasteiger partial charge in [0.05, 0.1) is 6.10 Å². The SMILES string of the molecule is Cn1nccc1CCN1C[C@@H](O)C[C@@H]1c1ccc(F)c(F)c1. The van der Waals surface area contributed by atoms with E-state index in [1.54, 1.807) is 12.3 Å². The number of β-amino-alcohol motifs (C(OH)–C–C–N with tert-alkyl or cyclic N) is 1. The molecule has 1 aliphatic rings. The van der Waals surface area contributed by atoms with Crippen molar-refractivity contribution < 1.29 is 13.9 Å². The van der Waals surface area contributed by atoms with Crippen LogP contribution in [0.4, 0.5) is 8.78 Å². The lowest BCUT2D eigenvalue weighted by atomic mass is 10.0. The Kier molecular flexibility index (Phi) is 4.22. The van der Waals surface area contributed by atoms with Gasteiger partial charge in [-0.05, 0) is 30.2 Å². The quantitative estimate of drug-likeness (QED) is 0.940. The third kappa shape index (κ3) is 3.03. The summed E-state index contributed by atoms with van der Waals surface area (Å²) in [5, 5.41) is 14.1. The zero-order valence-corrected chi connectivity index (χ0v) is 12.4. The first kappa shape index (κ1) is 15.1. The van der Waals surface area contributed by atoms with Crippen molar-refractivity contribution in [3.05, 3.63) is 53.4 Å². The average molecular weight is 307 g/mol. The smallest absolute Gasteiger partial charge is 0.159 e. The van der Waals surface area contributed by atoms with Crippen LogP contribution in [0.3, 0.4) is 0 Å². The molecular formula is C16H19F2N3O. The van der Waals surface area contributed by atoms with Crippen molar-refractivity contribution in [1.82, 2.24) is 14.7 Å². The van der Waals surface area contributed by atoms with Crippen molar-refractivity contribution in [3.63, 3.8) is 0 Å². The van der Waals surface area contributed by atoms with Crippen molar-refractivity contribution in [2.75, 3.05) is 13.1 Å². The molecule has 22 heavy (non-hydrogen) atoms. The summed E-state index contributed by atoms with van der Waals surface area (Å²) in [5.74, 6) is -1.69. The number of aliphatic hydroxyl groups excluding tert-OH is 1. The van der Waals surface area contributed by atoms with Crippen molar-refractivity contribution in [2.24, 2.45) is 7.05 Å². The van der Waals surface area contributed by atoms with Crippen LogP contribution in [0.25, 0.3) is 0 Å². The number of aliphatic hydroxyl groups is 1. The third-order valence-electron chi connectivity index (χ3n) is 4.29. The summed E-state index contributed by atoms with van der Waals surface area (Å²) in [6, 6.07) is 5.85. The van der Waals surface area contributed by atoms with E-state index in [4.69, 9.17) is 0 Å². The molecule has 0 aliphatic carbocycles. The van der Waals surface area contributed by atoms with E-state index < -0.39 is 17.7 Å². The van der Waals surface area contributed by atoms with Gasteiger partial charge in [-0.25, -0.2) is 8.78 Å². The molecule has 0 bridgehead atoms. The molecule has 0 unspecified atom stereocenters. The predicted molar refractivity (Wildman–Crippen MR) is 78.2 cm³/mol. The second-order valence-electron chi connectivity index (χ2n) is 5.77. The standard InChI is InChI=1S/C16H19F2N3O/c1-20-12(4-6-19-20)5-7-21-10-13(22)9-16(21)11-2-3-14(17)15(18)8-11/h2-4,6,8,13,16,22H,5,7,9-10H2,1H3/t13-,16+/m0/s1. The number of hydrogen-bond acceptors (Lipinski definition) is 3. The van der Waals surface area contributed by atoms with E-state index in [1.165, 1.54) is 6.07 Å². The minimum absolute atomic E-state index is 0.0849. The summed E-state index contributed by atoms with van der Waals surface area (Å²) >= 11 is 0. The van der Waals surface area contributed by atoms with E-state index in [0.717, 1.165) is 24.7 Å². The molecule has 4 nitrogen and oxygen atoms in total. The fourth-order valence-electron chi connectivity index (χ4n) is 3.10. The van der Waals surface area contributed by atoms with Gasteiger partial charge in [-0.15, -0.1) is 0 Å². The number of likely N-dealkylation sites (tertiary alicyclic amines) is 1. The molecule has 0 saturated carbocycles. The number of halogens is 2. The Labute approximate surface area is 128 Å². The molecule has 118 valence electrons. The lowest BCUT2D eigenvalue weighted by molar-refractivity contribution is 0.175. The monoisotopic (exact) mass is 307 g/mol. The third-order valence-corrected chi connectivity index (χ3v) is 4.29. The van der Waals surface area contributed by atoms with E-state index in [1.807, 2.05) is 17.8 Å². The van der Waals surface area contributed by atoms with E-state index in [-0.39, 0.29) is 6.04 Å². The van der Waals surface area contributed by atoms with Gasteiger partial charge in [0.2, 0.25) is 0 Å². The number of aromatic nitrogens is 2. The highest BCUT2D eigenvalue weighted by molar-refractivity contribution is 5.23. The maximum atomic E-state index is 13.5. The Morgan fingerprint density at radius 3 is 2.77 bits per heavy atom. The Morgan fingerprint density at radius 1 is 1.27 bits per heavy atom. The maximum Gasteiger partial charge on any atom is 0.159 e. The number of aryl methyl sites for hydroxylation is 1. The summed E-state index contributed by atoms with van der Waals surface area (Å²) in [5.41, 5.74) is 1.81. The molecule has 1 aromatic heterocycles. The summed E-state index contributed by atoms with van der Waals surface area (Å²) in [6.45, 7) is 1.28. The highest BCUT2D eigenvalue weighted by Crippen LogP contribution is 2.32. The molecule has 2 aromatic rings. The lowest BCUT2D eigenvalue weighted by Crippen LogP contribution is -2.27. The molecule has 1 N–H and O–H groups in total. The van der Waals surface area contributed by atoms with Crippen LogP contribution in [0.2, 0.25) is 0 Å². The van der Waals surface area contributed by atoms with E-state index in [9.17, 15) is 13.9 Å². The van der Waals surface area contributed by atoms with Crippen LogP contribution in [0, 0.1) is 11.6 Å². The van der Waals surface area contributed by atoms with Crippen LogP contribution in [0.5, 0.6) is 0 Å². The molecule has 3 rings (SSSR count). The molecular weight excluding hydrogens is 288 g/mol. The normalized spacial score (nSPS) is 22.4. The van der Waals surface area contributed by atoms with Gasteiger partial charge in [-0.2, -0.15) is 5.10 Å². The van der Waals surface area contributed by atoms with Gasteiger partial charge >= 0.3 is 0 Å². The summed E-state index contributed by atoms with van der Waals surface area (Å²) in [4.78, 5) is 2.12. The van der Waals surface area contributed by atoms with Crippen LogP contribution in [-0.4, -0.2) is 39.0 Å². The first-order valence-electron chi connectivity index (χ1n) is 7.38. The van der Waals surface area contributed by atoms with Gasteiger partial charge in [0.25, 0.3) is 0 Å². The fourth-order valence-corrected chi connectivity index (χ4v) is 3.10. The number of hydrogen-bond donors (Lipinski definition) is 1. The van der Waals surface area contributed by atoms with E-state index in [2.05, 4.69) is 10.00 Å². The second kappa shape index (κ2) is 6.14. The molecule has 1 aliphatic heterocycles. The van der Waals surface area contributed by atoms with E-state index >= 15 is 0 Å². The van der Waals surface area contributed by atoms with Gasteiger partial charge in [0, 0.05) is 44.5 Å². The molecule has 0 radical (unpaired) electrons. The summed E-state index contributed by atoms with van der Waals surface area (Å²) in [7, 11) is 1.89. The zero-order valence-electron chi connectivity index (χ0n) is 12.4. The zero-order chi connectivity index (χ0) is 15.7. The van der Waals surface area contributed by atoms with Crippen LogP contribution in [0.15, 0.2) is 30.5 Å². The van der Waals surface area contributed by atoms with Crippen LogP contribution < -0.4 is 0 Å². The van der Waals surface area contributed by atoms with Crippen LogP contribution in [0.1, 0.15) is 23.7 Å². The number of benzene rings is 1. The second-order valence-corrected chi connectivity index (χ2v) is 5.77. The van der Waals surface area contributed by atoms with Gasteiger partial charge in [0.1, 0.15) is 0 Å². The maximum absolute atomic E-state index is 13.5. The van der Waals surface area contributed by atoms with Gasteiger partial charge in [0.15, 0.2) is 11.6 Å². The molecule has 2 atom stereocenters. The highest BCUT2D eigenvalue weighted by atomic mass is 19.2. The first-order valence-corrected chi connectivity index (χ1v) is 7.38. The minimum atomic E-state index is -0.844. The molecule has 6 heteroatoms. The Balaban J connectivity index is 1.74. The molecule has 1 aromatic carbocycles. The summed E-state index contributed by atoms with van der Waals surface area (Å²) < 4.78 is 28.4. The Bertz CT molecular complexity index is 659.